The first-order chi connectivity index (χ1) is 21.0. The van der Waals surface area contributed by atoms with Crippen LogP contribution in [0.3, 0.4) is 0 Å². The van der Waals surface area contributed by atoms with E-state index in [0.29, 0.717) is 45.0 Å². The molecule has 1 amide bonds. The summed E-state index contributed by atoms with van der Waals surface area (Å²) in [4.78, 5) is 34.4. The molecule has 0 aliphatic carbocycles. The Bertz CT molecular complexity index is 1700. The third kappa shape index (κ3) is 5.53. The van der Waals surface area contributed by atoms with Crippen molar-refractivity contribution >= 4 is 39.4 Å². The van der Waals surface area contributed by atoms with Gasteiger partial charge in [-0.15, -0.1) is 0 Å². The predicted molar refractivity (Wildman–Crippen MR) is 167 cm³/mol. The summed E-state index contributed by atoms with van der Waals surface area (Å²) in [5, 5.41) is 6.15. The summed E-state index contributed by atoms with van der Waals surface area (Å²) >= 11 is 0. The number of pyridine rings is 1. The minimum Gasteiger partial charge on any atom is -0.379 e. The van der Waals surface area contributed by atoms with E-state index >= 15 is 0 Å². The minimum atomic E-state index is -1.12. The van der Waals surface area contributed by atoms with Gasteiger partial charge in [0, 0.05) is 61.3 Å². The van der Waals surface area contributed by atoms with Gasteiger partial charge in [0.2, 0.25) is 0 Å². The lowest BCUT2D eigenvalue weighted by molar-refractivity contribution is 0.0771. The predicted octanol–water partition coefficient (Wildman–Crippen LogP) is 3.57. The van der Waals surface area contributed by atoms with Gasteiger partial charge in [0.1, 0.15) is 28.8 Å². The number of fused-ring (bicyclic) bond motifs is 1. The van der Waals surface area contributed by atoms with Gasteiger partial charge in [-0.05, 0) is 49.2 Å². The van der Waals surface area contributed by atoms with Crippen LogP contribution >= 0.6 is 0 Å². The van der Waals surface area contributed by atoms with E-state index in [-0.39, 0.29) is 11.4 Å². The van der Waals surface area contributed by atoms with Crippen molar-refractivity contribution in [1.82, 2.24) is 29.1 Å². The highest BCUT2D eigenvalue weighted by molar-refractivity contribution is 7.85. The smallest absolute Gasteiger partial charge is 0.254 e. The van der Waals surface area contributed by atoms with E-state index in [4.69, 9.17) is 4.74 Å². The van der Waals surface area contributed by atoms with E-state index < -0.39 is 11.0 Å². The van der Waals surface area contributed by atoms with Crippen molar-refractivity contribution < 1.29 is 13.7 Å². The van der Waals surface area contributed by atoms with Gasteiger partial charge in [-0.1, -0.05) is 18.2 Å². The number of nitrogens with one attached hydrogen (secondary N) is 2. The fourth-order valence-electron chi connectivity index (χ4n) is 6.09. The molecule has 11 nitrogen and oxygen atoms in total. The SMILES string of the molecule is CC1(N2CC=CS2=O)CCN(C(=O)c2ccnc(CNc3ccc(-c4cc5c(N6CCOCC6)ncnc5[nH]4)cc3)c2)C1. The lowest BCUT2D eigenvalue weighted by Crippen LogP contribution is -2.47. The molecule has 222 valence electrons. The van der Waals surface area contributed by atoms with Crippen LogP contribution in [0.25, 0.3) is 22.3 Å². The molecule has 1 aromatic carbocycles. The monoisotopic (exact) mass is 598 g/mol. The fraction of sp³-hybridized carbons (Fsp3) is 0.355. The molecule has 3 aliphatic heterocycles. The number of aromatic amines is 1. The number of anilines is 2. The zero-order valence-corrected chi connectivity index (χ0v) is 24.8. The van der Waals surface area contributed by atoms with Gasteiger partial charge < -0.3 is 24.8 Å². The Labute approximate surface area is 252 Å². The van der Waals surface area contributed by atoms with Crippen LogP contribution < -0.4 is 10.2 Å². The summed E-state index contributed by atoms with van der Waals surface area (Å²) in [6.45, 7) is 7.46. The number of hydrogen-bond donors (Lipinski definition) is 2. The van der Waals surface area contributed by atoms with Crippen molar-refractivity contribution in [3.8, 4) is 11.3 Å². The van der Waals surface area contributed by atoms with Crippen LogP contribution in [-0.4, -0.2) is 90.7 Å². The number of ether oxygens (including phenoxy) is 1. The first-order valence-electron chi connectivity index (χ1n) is 14.6. The molecule has 2 fully saturated rings. The molecular formula is C31H34N8O3S. The number of benzene rings is 1. The molecule has 2 saturated heterocycles. The van der Waals surface area contributed by atoms with E-state index in [1.807, 2.05) is 33.5 Å². The van der Waals surface area contributed by atoms with Crippen LogP contribution in [-0.2, 0) is 22.3 Å². The molecule has 0 saturated carbocycles. The Morgan fingerprint density at radius 3 is 2.72 bits per heavy atom. The van der Waals surface area contributed by atoms with Crippen molar-refractivity contribution in [3.05, 3.63) is 77.7 Å². The van der Waals surface area contributed by atoms with E-state index in [1.165, 1.54) is 0 Å². The van der Waals surface area contributed by atoms with Crippen LogP contribution in [0.15, 0.2) is 66.5 Å². The Kier molecular flexibility index (Phi) is 7.41. The molecule has 2 atom stereocenters. The number of rotatable bonds is 7. The van der Waals surface area contributed by atoms with E-state index in [1.54, 1.807) is 24.0 Å². The quantitative estimate of drug-likeness (QED) is 0.332. The normalized spacial score (nSPS) is 22.5. The zero-order chi connectivity index (χ0) is 29.4. The standard InChI is InChI=1S/C31H34N8O3S/c1-31(39-10-2-16-43(39)41)8-11-38(20-31)30(40)23-7-9-32-25(17-23)19-33-24-5-3-22(4-6-24)27-18-26-28(36-27)34-21-35-29(26)37-12-14-42-15-13-37/h2-7,9,16-18,21,33H,8,10-15,19-20H2,1H3,(H,34,35,36). The molecule has 2 N–H and O–H groups in total. The third-order valence-electron chi connectivity index (χ3n) is 8.49. The summed E-state index contributed by atoms with van der Waals surface area (Å²) in [7, 11) is -1.12. The largest absolute Gasteiger partial charge is 0.379 e. The Hall–Kier alpha value is -4.13. The highest BCUT2D eigenvalue weighted by Crippen LogP contribution is 2.32. The van der Waals surface area contributed by atoms with Gasteiger partial charge in [0.15, 0.2) is 0 Å². The van der Waals surface area contributed by atoms with Gasteiger partial charge in [-0.25, -0.2) is 18.5 Å². The molecule has 6 heterocycles. The maximum atomic E-state index is 13.4. The molecule has 0 radical (unpaired) electrons. The molecule has 2 unspecified atom stereocenters. The fourth-order valence-corrected chi connectivity index (χ4v) is 7.30. The van der Waals surface area contributed by atoms with Gasteiger partial charge in [0.05, 0.1) is 36.4 Å². The van der Waals surface area contributed by atoms with Crippen LogP contribution in [0.2, 0.25) is 0 Å². The molecule has 0 spiro atoms. The molecule has 43 heavy (non-hydrogen) atoms. The number of morpholine rings is 1. The number of likely N-dealkylation sites (tertiary alicyclic amines) is 1. The summed E-state index contributed by atoms with van der Waals surface area (Å²) in [6, 6.07) is 13.9. The zero-order valence-electron chi connectivity index (χ0n) is 24.0. The number of hydrogen-bond acceptors (Lipinski definition) is 8. The van der Waals surface area contributed by atoms with E-state index in [0.717, 1.165) is 59.0 Å². The van der Waals surface area contributed by atoms with Gasteiger partial charge in [-0.3, -0.25) is 9.78 Å². The maximum Gasteiger partial charge on any atom is 0.254 e. The third-order valence-corrected chi connectivity index (χ3v) is 9.94. The van der Waals surface area contributed by atoms with Crippen molar-refractivity contribution in [1.29, 1.82) is 0 Å². The lowest BCUT2D eigenvalue weighted by Gasteiger charge is -2.33. The van der Waals surface area contributed by atoms with Crippen LogP contribution in [0, 0.1) is 0 Å². The number of carbonyl (C=O) groups is 1. The second kappa shape index (κ2) is 11.5. The summed E-state index contributed by atoms with van der Waals surface area (Å²) in [5.41, 5.74) is 4.91. The Morgan fingerprint density at radius 2 is 1.93 bits per heavy atom. The average molecular weight is 599 g/mol. The second-order valence-corrected chi connectivity index (χ2v) is 12.7. The first-order valence-corrected chi connectivity index (χ1v) is 15.7. The van der Waals surface area contributed by atoms with Crippen molar-refractivity contribution in [2.45, 2.75) is 25.4 Å². The van der Waals surface area contributed by atoms with Gasteiger partial charge >= 0.3 is 0 Å². The van der Waals surface area contributed by atoms with Crippen LogP contribution in [0.5, 0.6) is 0 Å². The number of H-pyrrole nitrogens is 1. The number of aromatic nitrogens is 4. The molecule has 4 aromatic rings. The summed E-state index contributed by atoms with van der Waals surface area (Å²) in [5.74, 6) is 0.913. The van der Waals surface area contributed by atoms with Gasteiger partial charge in [-0.2, -0.15) is 0 Å². The topological polar surface area (TPSA) is 120 Å². The molecular weight excluding hydrogens is 564 g/mol. The van der Waals surface area contributed by atoms with Crippen LogP contribution in [0.4, 0.5) is 11.5 Å². The summed E-state index contributed by atoms with van der Waals surface area (Å²) < 4.78 is 19.8. The number of amides is 1. The first kappa shape index (κ1) is 27.7. The molecule has 3 aromatic heterocycles. The number of nitrogens with zero attached hydrogens (tertiary/aromatic N) is 6. The molecule has 12 heteroatoms. The lowest BCUT2D eigenvalue weighted by atomic mass is 10.0. The molecule has 0 bridgehead atoms. The number of carbonyl (C=O) groups excluding carboxylic acids is 1. The van der Waals surface area contributed by atoms with Crippen molar-refractivity contribution in [2.24, 2.45) is 0 Å². The second-order valence-electron chi connectivity index (χ2n) is 11.4. The van der Waals surface area contributed by atoms with Crippen LogP contribution in [0.1, 0.15) is 29.4 Å². The van der Waals surface area contributed by atoms with E-state index in [9.17, 15) is 9.00 Å². The molecule has 7 rings (SSSR count). The van der Waals surface area contributed by atoms with E-state index in [2.05, 4.69) is 55.3 Å². The average Bonchev–Trinajstić information content (AvgIpc) is 3.79. The molecule has 3 aliphatic rings. The highest BCUT2D eigenvalue weighted by Gasteiger charge is 2.43. The maximum absolute atomic E-state index is 13.4. The van der Waals surface area contributed by atoms with Gasteiger partial charge in [0.25, 0.3) is 5.91 Å². The summed E-state index contributed by atoms with van der Waals surface area (Å²) in [6.07, 6.45) is 6.02. The highest BCUT2D eigenvalue weighted by atomic mass is 32.2. The minimum absolute atomic E-state index is 0.0190. The Morgan fingerprint density at radius 1 is 1.09 bits per heavy atom. The Balaban J connectivity index is 0.993. The van der Waals surface area contributed by atoms with Crippen molar-refractivity contribution in [2.75, 3.05) is 56.2 Å². The van der Waals surface area contributed by atoms with Crippen molar-refractivity contribution in [3.63, 3.8) is 0 Å².